The van der Waals surface area contributed by atoms with Crippen molar-refractivity contribution in [3.05, 3.63) is 41.4 Å². The summed E-state index contributed by atoms with van der Waals surface area (Å²) in [5.74, 6) is 0.238. The molecule has 1 aromatic heterocycles. The molecule has 1 aromatic carbocycles. The second-order valence-corrected chi connectivity index (χ2v) is 7.44. The Hall–Kier alpha value is -2.21. The van der Waals surface area contributed by atoms with E-state index in [2.05, 4.69) is 10.3 Å². The molecular weight excluding hydrogens is 346 g/mol. The van der Waals surface area contributed by atoms with Crippen LogP contribution in [0.25, 0.3) is 10.6 Å². The topological polar surface area (TPSA) is 62.3 Å². The molecule has 1 aliphatic heterocycles. The quantitative estimate of drug-likeness (QED) is 0.760. The maximum Gasteiger partial charge on any atom is 0.226 e. The smallest absolute Gasteiger partial charge is 0.226 e. The van der Waals surface area contributed by atoms with Gasteiger partial charge in [-0.15, -0.1) is 11.3 Å². The number of nitrogens with zero attached hydrogens (tertiary/aromatic N) is 2. The molecule has 0 spiro atoms. The lowest BCUT2D eigenvalue weighted by molar-refractivity contribution is -0.130. The van der Waals surface area contributed by atoms with Crippen LogP contribution in [0, 0.1) is 0 Å². The van der Waals surface area contributed by atoms with Gasteiger partial charge < -0.3 is 10.2 Å². The average Bonchev–Trinajstić information content (AvgIpc) is 3.02. The molecule has 1 N–H and O–H groups in total. The normalized spacial score (nSPS) is 14.9. The highest BCUT2D eigenvalue weighted by Gasteiger charge is 2.16. The van der Waals surface area contributed by atoms with E-state index in [4.69, 9.17) is 0 Å². The van der Waals surface area contributed by atoms with E-state index in [1.54, 1.807) is 11.3 Å². The number of hydrogen-bond donors (Lipinski definition) is 1. The number of rotatable bonds is 7. The maximum atomic E-state index is 12.1. The van der Waals surface area contributed by atoms with Gasteiger partial charge in [-0.3, -0.25) is 9.59 Å². The molecule has 26 heavy (non-hydrogen) atoms. The Kier molecular flexibility index (Phi) is 6.77. The molecule has 2 aromatic rings. The summed E-state index contributed by atoms with van der Waals surface area (Å²) in [5.41, 5.74) is 1.88. The van der Waals surface area contributed by atoms with Crippen LogP contribution in [0.4, 0.5) is 0 Å². The van der Waals surface area contributed by atoms with Crippen molar-refractivity contribution in [3.8, 4) is 10.6 Å². The van der Waals surface area contributed by atoms with Crippen molar-refractivity contribution in [2.75, 3.05) is 19.6 Å². The van der Waals surface area contributed by atoms with E-state index in [0.29, 0.717) is 19.4 Å². The number of carbonyl (C=O) groups is 2. The first-order chi connectivity index (χ1) is 12.7. The third kappa shape index (κ3) is 5.39. The second-order valence-electron chi connectivity index (χ2n) is 6.58. The van der Waals surface area contributed by atoms with Crippen LogP contribution >= 0.6 is 11.3 Å². The van der Waals surface area contributed by atoms with Crippen LogP contribution in [0.2, 0.25) is 0 Å². The minimum absolute atomic E-state index is 0.0166. The molecule has 0 saturated carbocycles. The molecule has 6 heteroatoms. The highest BCUT2D eigenvalue weighted by atomic mass is 32.1. The SMILES string of the molecule is O=C(Cc1csc(-c2ccccc2)n1)NCCCN1CCCCCC1=O. The number of hydrogen-bond acceptors (Lipinski definition) is 4. The fourth-order valence-corrected chi connectivity index (χ4v) is 3.93. The summed E-state index contributed by atoms with van der Waals surface area (Å²) >= 11 is 1.56. The fraction of sp³-hybridized carbons (Fsp3) is 0.450. The van der Waals surface area contributed by atoms with Gasteiger partial charge in [0.15, 0.2) is 0 Å². The summed E-state index contributed by atoms with van der Waals surface area (Å²) in [6, 6.07) is 9.99. The van der Waals surface area contributed by atoms with Gasteiger partial charge in [0.2, 0.25) is 11.8 Å². The largest absolute Gasteiger partial charge is 0.356 e. The zero-order valence-corrected chi connectivity index (χ0v) is 15.8. The lowest BCUT2D eigenvalue weighted by Crippen LogP contribution is -2.34. The molecule has 138 valence electrons. The predicted molar refractivity (Wildman–Crippen MR) is 104 cm³/mol. The Labute approximate surface area is 158 Å². The van der Waals surface area contributed by atoms with Gasteiger partial charge >= 0.3 is 0 Å². The molecule has 1 saturated heterocycles. The summed E-state index contributed by atoms with van der Waals surface area (Å²) in [4.78, 5) is 30.5. The van der Waals surface area contributed by atoms with Gasteiger partial charge in [-0.05, 0) is 19.3 Å². The third-order valence-electron chi connectivity index (χ3n) is 4.51. The van der Waals surface area contributed by atoms with Gasteiger partial charge in [0, 0.05) is 37.0 Å². The van der Waals surface area contributed by atoms with Crippen LogP contribution in [0.15, 0.2) is 35.7 Å². The summed E-state index contributed by atoms with van der Waals surface area (Å²) in [7, 11) is 0. The summed E-state index contributed by atoms with van der Waals surface area (Å²) in [6.07, 6.45) is 4.99. The van der Waals surface area contributed by atoms with E-state index in [1.807, 2.05) is 40.6 Å². The Bertz CT molecular complexity index is 730. The van der Waals surface area contributed by atoms with Crippen molar-refractivity contribution in [3.63, 3.8) is 0 Å². The van der Waals surface area contributed by atoms with Gasteiger partial charge in [-0.2, -0.15) is 0 Å². The maximum absolute atomic E-state index is 12.1. The zero-order valence-electron chi connectivity index (χ0n) is 14.9. The Balaban J connectivity index is 1.39. The van der Waals surface area contributed by atoms with Crippen LogP contribution in [0.3, 0.4) is 0 Å². The van der Waals surface area contributed by atoms with Crippen molar-refractivity contribution in [1.29, 1.82) is 0 Å². The first-order valence-corrected chi connectivity index (χ1v) is 10.1. The summed E-state index contributed by atoms with van der Waals surface area (Å²) in [6.45, 7) is 2.18. The van der Waals surface area contributed by atoms with Gasteiger partial charge in [-0.1, -0.05) is 36.8 Å². The Morgan fingerprint density at radius 3 is 2.88 bits per heavy atom. The van der Waals surface area contributed by atoms with Crippen molar-refractivity contribution < 1.29 is 9.59 Å². The molecular formula is C20H25N3O2S. The number of amides is 2. The first-order valence-electron chi connectivity index (χ1n) is 9.26. The summed E-state index contributed by atoms with van der Waals surface area (Å²) in [5, 5.41) is 5.82. The predicted octanol–water partition coefficient (Wildman–Crippen LogP) is 3.26. The second kappa shape index (κ2) is 9.48. The highest BCUT2D eigenvalue weighted by Crippen LogP contribution is 2.23. The molecule has 0 bridgehead atoms. The van der Waals surface area contributed by atoms with Crippen molar-refractivity contribution in [2.24, 2.45) is 0 Å². The molecule has 0 aliphatic carbocycles. The van der Waals surface area contributed by atoms with Gasteiger partial charge in [-0.25, -0.2) is 4.98 Å². The lowest BCUT2D eigenvalue weighted by Gasteiger charge is -2.20. The number of nitrogens with one attached hydrogen (secondary N) is 1. The van der Waals surface area contributed by atoms with Crippen LogP contribution in [0.1, 0.15) is 37.8 Å². The number of likely N-dealkylation sites (tertiary alicyclic amines) is 1. The van der Waals surface area contributed by atoms with E-state index < -0.39 is 0 Å². The van der Waals surface area contributed by atoms with Crippen molar-refractivity contribution >= 4 is 23.2 Å². The minimum Gasteiger partial charge on any atom is -0.356 e. The number of benzene rings is 1. The minimum atomic E-state index is -0.0166. The first kappa shape index (κ1) is 18.6. The highest BCUT2D eigenvalue weighted by molar-refractivity contribution is 7.13. The van der Waals surface area contributed by atoms with Crippen LogP contribution in [-0.4, -0.2) is 41.3 Å². The molecule has 1 aliphatic rings. The monoisotopic (exact) mass is 371 g/mol. The molecule has 0 radical (unpaired) electrons. The molecule has 5 nitrogen and oxygen atoms in total. The van der Waals surface area contributed by atoms with Crippen LogP contribution in [0.5, 0.6) is 0 Å². The molecule has 0 atom stereocenters. The van der Waals surface area contributed by atoms with E-state index in [-0.39, 0.29) is 11.8 Å². The Morgan fingerprint density at radius 1 is 1.19 bits per heavy atom. The molecule has 0 unspecified atom stereocenters. The standard InChI is InChI=1S/C20H25N3O2S/c24-18(21-11-7-13-23-12-6-2-5-10-19(23)25)14-17-15-26-20(22-17)16-8-3-1-4-9-16/h1,3-4,8-9,15H,2,5-7,10-14H2,(H,21,24). The fourth-order valence-electron chi connectivity index (χ4n) is 3.10. The average molecular weight is 372 g/mol. The number of aromatic nitrogens is 1. The number of carbonyl (C=O) groups excluding carboxylic acids is 2. The lowest BCUT2D eigenvalue weighted by atomic mass is 10.2. The zero-order chi connectivity index (χ0) is 18.2. The van der Waals surface area contributed by atoms with E-state index in [1.165, 1.54) is 0 Å². The van der Waals surface area contributed by atoms with Crippen LogP contribution < -0.4 is 5.32 Å². The van der Waals surface area contributed by atoms with Crippen molar-refractivity contribution in [1.82, 2.24) is 15.2 Å². The third-order valence-corrected chi connectivity index (χ3v) is 5.45. The Morgan fingerprint density at radius 2 is 2.04 bits per heavy atom. The van der Waals surface area contributed by atoms with Gasteiger partial charge in [0.25, 0.3) is 0 Å². The summed E-state index contributed by atoms with van der Waals surface area (Å²) < 4.78 is 0. The van der Waals surface area contributed by atoms with Crippen LogP contribution in [-0.2, 0) is 16.0 Å². The van der Waals surface area contributed by atoms with E-state index in [0.717, 1.165) is 55.0 Å². The number of thiazole rings is 1. The molecule has 1 fully saturated rings. The van der Waals surface area contributed by atoms with Gasteiger partial charge in [0.1, 0.15) is 5.01 Å². The van der Waals surface area contributed by atoms with E-state index >= 15 is 0 Å². The molecule has 2 heterocycles. The van der Waals surface area contributed by atoms with E-state index in [9.17, 15) is 9.59 Å². The van der Waals surface area contributed by atoms with Gasteiger partial charge in [0.05, 0.1) is 12.1 Å². The molecule has 2 amide bonds. The van der Waals surface area contributed by atoms with Crippen molar-refractivity contribution in [2.45, 2.75) is 38.5 Å². The molecule has 3 rings (SSSR count).